The number of halogens is 3. The van der Waals surface area contributed by atoms with Gasteiger partial charge >= 0.3 is 6.36 Å². The Labute approximate surface area is 172 Å². The lowest BCUT2D eigenvalue weighted by Gasteiger charge is -2.35. The molecule has 2 aromatic rings. The predicted octanol–water partition coefficient (Wildman–Crippen LogP) is 2.98. The van der Waals surface area contributed by atoms with Gasteiger partial charge in [0.15, 0.2) is 0 Å². The highest BCUT2D eigenvalue weighted by Gasteiger charge is 2.32. The lowest BCUT2D eigenvalue weighted by atomic mass is 10.1. The monoisotopic (exact) mass is 440 g/mol. The zero-order valence-corrected chi connectivity index (χ0v) is 17.1. The third kappa shape index (κ3) is 4.66. The van der Waals surface area contributed by atoms with E-state index >= 15 is 0 Å². The molecule has 1 saturated heterocycles. The van der Waals surface area contributed by atoms with Gasteiger partial charge < -0.3 is 9.64 Å². The number of anilines is 1. The molecule has 1 aromatic heterocycles. The highest BCUT2D eigenvalue weighted by molar-refractivity contribution is 7.89. The van der Waals surface area contributed by atoms with Gasteiger partial charge in [-0.3, -0.25) is 0 Å². The van der Waals surface area contributed by atoms with Crippen LogP contribution in [0.3, 0.4) is 0 Å². The Balaban J connectivity index is 1.74. The first-order chi connectivity index (χ1) is 14.0. The number of nitriles is 1. The molecular weight excluding hydrogens is 421 g/mol. The highest BCUT2D eigenvalue weighted by Crippen LogP contribution is 2.27. The molecule has 0 bridgehead atoms. The van der Waals surface area contributed by atoms with Crippen LogP contribution in [0.2, 0.25) is 0 Å². The van der Waals surface area contributed by atoms with E-state index in [0.717, 1.165) is 35.5 Å². The largest absolute Gasteiger partial charge is 0.573 e. The third-order valence-corrected chi connectivity index (χ3v) is 6.58. The fourth-order valence-corrected chi connectivity index (χ4v) is 4.71. The number of benzene rings is 1. The van der Waals surface area contributed by atoms with Crippen LogP contribution in [0, 0.1) is 25.2 Å². The van der Waals surface area contributed by atoms with Gasteiger partial charge in [0, 0.05) is 31.9 Å². The van der Waals surface area contributed by atoms with Crippen molar-refractivity contribution in [3.8, 4) is 11.8 Å². The van der Waals surface area contributed by atoms with Gasteiger partial charge in [-0.15, -0.1) is 13.2 Å². The van der Waals surface area contributed by atoms with Crippen LogP contribution in [0.25, 0.3) is 0 Å². The first kappa shape index (κ1) is 21.9. The molecule has 0 amide bonds. The summed E-state index contributed by atoms with van der Waals surface area (Å²) in [5.74, 6) is 0.0388. The van der Waals surface area contributed by atoms with Gasteiger partial charge in [0.2, 0.25) is 10.0 Å². The van der Waals surface area contributed by atoms with Gasteiger partial charge in [0.05, 0.1) is 10.5 Å². The first-order valence-corrected chi connectivity index (χ1v) is 10.4. The molecule has 0 saturated carbocycles. The van der Waals surface area contributed by atoms with Gasteiger partial charge in [0.1, 0.15) is 17.6 Å². The van der Waals surface area contributed by atoms with Gasteiger partial charge in [-0.1, -0.05) is 0 Å². The predicted molar refractivity (Wildman–Crippen MR) is 103 cm³/mol. The van der Waals surface area contributed by atoms with Gasteiger partial charge in [-0.05, 0) is 49.7 Å². The number of nitrogens with zero attached hydrogens (tertiary/aromatic N) is 4. The fourth-order valence-electron chi connectivity index (χ4n) is 3.29. The molecule has 0 unspecified atom stereocenters. The number of aromatic nitrogens is 1. The zero-order chi connectivity index (χ0) is 22.1. The quantitative estimate of drug-likeness (QED) is 0.727. The molecule has 3 rings (SSSR count). The molecule has 7 nitrogen and oxygen atoms in total. The number of pyridine rings is 1. The maximum absolute atomic E-state index is 12.8. The zero-order valence-electron chi connectivity index (χ0n) is 16.3. The van der Waals surface area contributed by atoms with Crippen molar-refractivity contribution >= 4 is 15.8 Å². The first-order valence-electron chi connectivity index (χ1n) is 9.00. The number of hydrogen-bond acceptors (Lipinski definition) is 6. The van der Waals surface area contributed by atoms with Crippen molar-refractivity contribution in [3.63, 3.8) is 0 Å². The van der Waals surface area contributed by atoms with Crippen molar-refractivity contribution in [1.29, 1.82) is 5.26 Å². The Kier molecular flexibility index (Phi) is 5.92. The number of piperazine rings is 1. The summed E-state index contributed by atoms with van der Waals surface area (Å²) in [6.45, 7) is 4.62. The van der Waals surface area contributed by atoms with Crippen molar-refractivity contribution in [2.75, 3.05) is 31.1 Å². The van der Waals surface area contributed by atoms with E-state index in [1.807, 2.05) is 24.8 Å². The molecule has 0 atom stereocenters. The molecule has 1 aromatic carbocycles. The van der Waals surface area contributed by atoms with E-state index in [2.05, 4.69) is 15.8 Å². The maximum atomic E-state index is 12.8. The molecule has 160 valence electrons. The minimum atomic E-state index is -4.85. The smallest absolute Gasteiger partial charge is 0.406 e. The second-order valence-electron chi connectivity index (χ2n) is 6.80. The summed E-state index contributed by atoms with van der Waals surface area (Å²) in [4.78, 5) is 6.19. The molecular formula is C19H19F3N4O3S. The minimum absolute atomic E-state index is 0.118. The summed E-state index contributed by atoms with van der Waals surface area (Å²) in [6.07, 6.45) is -4.85. The van der Waals surface area contributed by atoms with Crippen molar-refractivity contribution in [1.82, 2.24) is 9.29 Å². The number of rotatable bonds is 4. The number of ether oxygens (including phenoxy) is 1. The van der Waals surface area contributed by atoms with Crippen LogP contribution in [-0.4, -0.2) is 50.2 Å². The molecule has 0 aliphatic carbocycles. The number of sulfonamides is 1. The Morgan fingerprint density at radius 2 is 1.70 bits per heavy atom. The second kappa shape index (κ2) is 8.12. The van der Waals surface area contributed by atoms with E-state index < -0.39 is 22.1 Å². The molecule has 1 fully saturated rings. The van der Waals surface area contributed by atoms with Crippen molar-refractivity contribution < 1.29 is 26.3 Å². The summed E-state index contributed by atoms with van der Waals surface area (Å²) in [5, 5.41) is 9.44. The van der Waals surface area contributed by atoms with Crippen molar-refractivity contribution in [3.05, 3.63) is 47.2 Å². The van der Waals surface area contributed by atoms with Crippen LogP contribution in [0.4, 0.5) is 19.0 Å². The molecule has 11 heteroatoms. The highest BCUT2D eigenvalue weighted by atomic mass is 32.2. The van der Waals surface area contributed by atoms with Crippen LogP contribution >= 0.6 is 0 Å². The van der Waals surface area contributed by atoms with Crippen LogP contribution in [0.15, 0.2) is 35.2 Å². The van der Waals surface area contributed by atoms with Crippen LogP contribution in [0.1, 0.15) is 16.8 Å². The lowest BCUT2D eigenvalue weighted by Crippen LogP contribution is -2.49. The fraction of sp³-hybridized carbons (Fsp3) is 0.368. The van der Waals surface area contributed by atoms with E-state index in [9.17, 15) is 26.9 Å². The van der Waals surface area contributed by atoms with E-state index in [1.54, 1.807) is 0 Å². The Morgan fingerprint density at radius 3 is 2.23 bits per heavy atom. The van der Waals surface area contributed by atoms with Gasteiger partial charge in [-0.25, -0.2) is 13.4 Å². The van der Waals surface area contributed by atoms with Gasteiger partial charge in [0.25, 0.3) is 0 Å². The van der Waals surface area contributed by atoms with E-state index in [4.69, 9.17) is 0 Å². The summed E-state index contributed by atoms with van der Waals surface area (Å²) in [6, 6.07) is 8.07. The molecule has 2 heterocycles. The van der Waals surface area contributed by atoms with Gasteiger partial charge in [-0.2, -0.15) is 9.57 Å². The standard InChI is InChI=1S/C19H19F3N4O3S/c1-13-11-14(2)24-18(17(13)12-23)25-7-9-26(10-8-25)30(27,28)16-5-3-15(4-6-16)29-19(20,21)22/h3-6,11H,7-10H2,1-2H3. The van der Waals surface area contributed by atoms with Crippen LogP contribution < -0.4 is 9.64 Å². The van der Waals surface area contributed by atoms with E-state index in [0.29, 0.717) is 24.5 Å². The third-order valence-electron chi connectivity index (χ3n) is 4.67. The summed E-state index contributed by atoms with van der Waals surface area (Å²) in [7, 11) is -3.88. The van der Waals surface area contributed by atoms with Crippen LogP contribution in [0.5, 0.6) is 5.75 Å². The summed E-state index contributed by atoms with van der Waals surface area (Å²) >= 11 is 0. The molecule has 30 heavy (non-hydrogen) atoms. The Bertz CT molecular complexity index is 1070. The number of aryl methyl sites for hydroxylation is 2. The minimum Gasteiger partial charge on any atom is -0.406 e. The average Bonchev–Trinajstić information content (AvgIpc) is 2.67. The average molecular weight is 440 g/mol. The summed E-state index contributed by atoms with van der Waals surface area (Å²) < 4.78 is 67.5. The molecule has 1 aliphatic rings. The van der Waals surface area contributed by atoms with E-state index in [-0.39, 0.29) is 18.0 Å². The molecule has 0 N–H and O–H groups in total. The second-order valence-corrected chi connectivity index (χ2v) is 8.74. The molecule has 1 aliphatic heterocycles. The molecule has 0 spiro atoms. The Hall–Kier alpha value is -2.84. The lowest BCUT2D eigenvalue weighted by molar-refractivity contribution is -0.274. The topological polar surface area (TPSA) is 86.5 Å². The Morgan fingerprint density at radius 1 is 1.10 bits per heavy atom. The summed E-state index contributed by atoms with van der Waals surface area (Å²) in [5.41, 5.74) is 2.02. The van der Waals surface area contributed by atoms with Crippen molar-refractivity contribution in [2.45, 2.75) is 25.1 Å². The van der Waals surface area contributed by atoms with Crippen LogP contribution in [-0.2, 0) is 10.0 Å². The SMILES string of the molecule is Cc1cc(C)c(C#N)c(N2CCN(S(=O)(=O)c3ccc(OC(F)(F)F)cc3)CC2)n1. The van der Waals surface area contributed by atoms with Crippen molar-refractivity contribution in [2.24, 2.45) is 0 Å². The number of alkyl halides is 3. The van der Waals surface area contributed by atoms with E-state index in [1.165, 1.54) is 4.31 Å². The number of hydrogen-bond donors (Lipinski definition) is 0. The maximum Gasteiger partial charge on any atom is 0.573 e. The normalized spacial score (nSPS) is 15.7. The molecule has 0 radical (unpaired) electrons.